The van der Waals surface area contributed by atoms with Crippen molar-refractivity contribution in [2.75, 3.05) is 25.4 Å². The molecule has 2 N–H and O–H groups in total. The van der Waals surface area contributed by atoms with Crippen LogP contribution in [0.15, 0.2) is 18.3 Å². The first-order valence-corrected chi connectivity index (χ1v) is 6.55. The number of anilines is 1. The van der Waals surface area contributed by atoms with E-state index >= 15 is 0 Å². The molecule has 18 heavy (non-hydrogen) atoms. The Morgan fingerprint density at radius 3 is 2.89 bits per heavy atom. The zero-order chi connectivity index (χ0) is 13.0. The van der Waals surface area contributed by atoms with E-state index in [-0.39, 0.29) is 0 Å². The van der Waals surface area contributed by atoms with Gasteiger partial charge in [-0.2, -0.15) is 0 Å². The van der Waals surface area contributed by atoms with Crippen LogP contribution in [0.2, 0.25) is 0 Å². The molecule has 2 rings (SSSR count). The van der Waals surface area contributed by atoms with Crippen LogP contribution in [-0.4, -0.2) is 39.1 Å². The van der Waals surface area contributed by atoms with Gasteiger partial charge in [0, 0.05) is 19.3 Å². The first kappa shape index (κ1) is 12.8. The Balaban J connectivity index is 2.13. The summed E-state index contributed by atoms with van der Waals surface area (Å²) in [5, 5.41) is 0. The monoisotopic (exact) mass is 247 g/mol. The van der Waals surface area contributed by atoms with Crippen LogP contribution < -0.4 is 5.73 Å². The van der Waals surface area contributed by atoms with Gasteiger partial charge in [0.05, 0.1) is 0 Å². The van der Waals surface area contributed by atoms with E-state index in [1.807, 2.05) is 16.7 Å². The van der Waals surface area contributed by atoms with E-state index in [4.69, 9.17) is 5.73 Å². The van der Waals surface area contributed by atoms with Crippen LogP contribution in [0.3, 0.4) is 0 Å². The Kier molecular flexibility index (Phi) is 4.15. The third kappa shape index (κ3) is 2.61. The Hall–Kier alpha value is -1.62. The fourth-order valence-electron chi connectivity index (χ4n) is 2.18. The fourth-order valence-corrected chi connectivity index (χ4v) is 2.18. The predicted molar refractivity (Wildman–Crippen MR) is 74.3 cm³/mol. The van der Waals surface area contributed by atoms with Crippen molar-refractivity contribution in [3.63, 3.8) is 0 Å². The Morgan fingerprint density at radius 2 is 2.17 bits per heavy atom. The third-order valence-corrected chi connectivity index (χ3v) is 3.16. The minimum Gasteiger partial charge on any atom is -0.369 e. The summed E-state index contributed by atoms with van der Waals surface area (Å²) in [6.45, 7) is 8.39. The second kappa shape index (κ2) is 5.82. The van der Waals surface area contributed by atoms with Gasteiger partial charge in [0.25, 0.3) is 0 Å². The number of rotatable bonds is 6. The van der Waals surface area contributed by atoms with Gasteiger partial charge in [-0.05, 0) is 31.6 Å². The summed E-state index contributed by atoms with van der Waals surface area (Å²) in [6.07, 6.45) is 2.95. The maximum absolute atomic E-state index is 5.95. The maximum Gasteiger partial charge on any atom is 0.202 e. The second-order valence-corrected chi connectivity index (χ2v) is 4.40. The zero-order valence-electron chi connectivity index (χ0n) is 11.1. The van der Waals surface area contributed by atoms with Gasteiger partial charge < -0.3 is 10.6 Å². The average Bonchev–Trinajstić information content (AvgIpc) is 2.70. The molecule has 0 saturated heterocycles. The van der Waals surface area contributed by atoms with Crippen LogP contribution in [-0.2, 0) is 6.54 Å². The lowest BCUT2D eigenvalue weighted by molar-refractivity contribution is 0.278. The van der Waals surface area contributed by atoms with Gasteiger partial charge in [0.2, 0.25) is 5.95 Å². The quantitative estimate of drug-likeness (QED) is 0.844. The first-order chi connectivity index (χ1) is 8.76. The van der Waals surface area contributed by atoms with E-state index in [1.54, 1.807) is 6.20 Å². The Labute approximate surface area is 108 Å². The number of fused-ring (bicyclic) bond motifs is 1. The van der Waals surface area contributed by atoms with Gasteiger partial charge in [0.15, 0.2) is 5.65 Å². The molecule has 0 aliphatic rings. The van der Waals surface area contributed by atoms with Crippen molar-refractivity contribution in [3.05, 3.63) is 18.3 Å². The van der Waals surface area contributed by atoms with Crippen molar-refractivity contribution < 1.29 is 0 Å². The van der Waals surface area contributed by atoms with Crippen LogP contribution in [0.25, 0.3) is 11.2 Å². The molecule has 0 unspecified atom stereocenters. The molecule has 0 aliphatic heterocycles. The molecule has 0 atom stereocenters. The molecule has 2 aromatic heterocycles. The van der Waals surface area contributed by atoms with E-state index in [9.17, 15) is 0 Å². The van der Waals surface area contributed by atoms with Crippen LogP contribution in [0.5, 0.6) is 0 Å². The topological polar surface area (TPSA) is 60.0 Å². The molecule has 0 spiro atoms. The summed E-state index contributed by atoms with van der Waals surface area (Å²) in [6, 6.07) is 3.83. The molecule has 0 aliphatic carbocycles. The van der Waals surface area contributed by atoms with Gasteiger partial charge in [-0.1, -0.05) is 13.8 Å². The van der Waals surface area contributed by atoms with E-state index in [2.05, 4.69) is 28.7 Å². The molecular weight excluding hydrogens is 226 g/mol. The normalized spacial score (nSPS) is 11.5. The third-order valence-electron chi connectivity index (χ3n) is 3.16. The maximum atomic E-state index is 5.95. The molecule has 0 radical (unpaired) electrons. The number of nitrogens with zero attached hydrogens (tertiary/aromatic N) is 4. The standard InChI is InChI=1S/C13H21N5/c1-3-8-17(4-2)9-10-18-12-11(16-13(18)14)6-5-7-15-12/h5-7H,3-4,8-10H2,1-2H3,(H2,14,16). The number of likely N-dealkylation sites (N-methyl/N-ethyl adjacent to an activating group) is 1. The number of hydrogen-bond donors (Lipinski definition) is 1. The molecule has 98 valence electrons. The molecule has 5 heteroatoms. The van der Waals surface area contributed by atoms with Crippen molar-refractivity contribution in [3.8, 4) is 0 Å². The number of nitrogen functional groups attached to an aromatic ring is 1. The van der Waals surface area contributed by atoms with E-state index in [0.29, 0.717) is 5.95 Å². The van der Waals surface area contributed by atoms with E-state index in [0.717, 1.165) is 37.3 Å². The SMILES string of the molecule is CCCN(CC)CCn1c(N)nc2cccnc21. The second-order valence-electron chi connectivity index (χ2n) is 4.40. The molecule has 0 aromatic carbocycles. The summed E-state index contributed by atoms with van der Waals surface area (Å²) >= 11 is 0. The highest BCUT2D eigenvalue weighted by Gasteiger charge is 2.09. The minimum atomic E-state index is 0.552. The molecular formula is C13H21N5. The van der Waals surface area contributed by atoms with Crippen molar-refractivity contribution in [1.82, 2.24) is 19.4 Å². The number of imidazole rings is 1. The summed E-state index contributed by atoms with van der Waals surface area (Å²) in [4.78, 5) is 11.1. The number of aromatic nitrogens is 3. The van der Waals surface area contributed by atoms with Crippen LogP contribution in [0.4, 0.5) is 5.95 Å². The molecule has 0 fully saturated rings. The molecule has 0 saturated carbocycles. The molecule has 2 aromatic rings. The first-order valence-electron chi connectivity index (χ1n) is 6.55. The number of nitrogens with two attached hydrogens (primary N) is 1. The minimum absolute atomic E-state index is 0.552. The summed E-state index contributed by atoms with van der Waals surface area (Å²) < 4.78 is 1.99. The molecule has 0 amide bonds. The largest absolute Gasteiger partial charge is 0.369 e. The highest BCUT2D eigenvalue weighted by atomic mass is 15.2. The average molecular weight is 247 g/mol. The highest BCUT2D eigenvalue weighted by Crippen LogP contribution is 2.14. The lowest BCUT2D eigenvalue weighted by atomic mass is 10.4. The summed E-state index contributed by atoms with van der Waals surface area (Å²) in [7, 11) is 0. The van der Waals surface area contributed by atoms with Gasteiger partial charge in [-0.15, -0.1) is 0 Å². The van der Waals surface area contributed by atoms with Gasteiger partial charge in [-0.3, -0.25) is 4.57 Å². The van der Waals surface area contributed by atoms with Crippen molar-refractivity contribution in [1.29, 1.82) is 0 Å². The number of hydrogen-bond acceptors (Lipinski definition) is 4. The number of pyridine rings is 1. The molecule has 2 heterocycles. The van der Waals surface area contributed by atoms with Crippen molar-refractivity contribution in [2.45, 2.75) is 26.8 Å². The lowest BCUT2D eigenvalue weighted by Gasteiger charge is -2.19. The molecule has 5 nitrogen and oxygen atoms in total. The Bertz CT molecular complexity index is 505. The van der Waals surface area contributed by atoms with Crippen LogP contribution >= 0.6 is 0 Å². The summed E-state index contributed by atoms with van der Waals surface area (Å²) in [5.74, 6) is 0.552. The smallest absolute Gasteiger partial charge is 0.202 e. The zero-order valence-corrected chi connectivity index (χ0v) is 11.1. The van der Waals surface area contributed by atoms with Crippen LogP contribution in [0.1, 0.15) is 20.3 Å². The van der Waals surface area contributed by atoms with E-state index in [1.165, 1.54) is 6.42 Å². The van der Waals surface area contributed by atoms with Crippen molar-refractivity contribution >= 4 is 17.1 Å². The Morgan fingerprint density at radius 1 is 1.33 bits per heavy atom. The summed E-state index contributed by atoms with van der Waals surface area (Å²) in [5.41, 5.74) is 7.69. The van der Waals surface area contributed by atoms with Gasteiger partial charge in [0.1, 0.15) is 5.52 Å². The van der Waals surface area contributed by atoms with Crippen molar-refractivity contribution in [2.24, 2.45) is 0 Å². The highest BCUT2D eigenvalue weighted by molar-refractivity contribution is 5.73. The molecule has 0 bridgehead atoms. The van der Waals surface area contributed by atoms with Crippen LogP contribution in [0, 0.1) is 0 Å². The van der Waals surface area contributed by atoms with Gasteiger partial charge >= 0.3 is 0 Å². The van der Waals surface area contributed by atoms with Gasteiger partial charge in [-0.25, -0.2) is 9.97 Å². The lowest BCUT2D eigenvalue weighted by Crippen LogP contribution is -2.28. The van der Waals surface area contributed by atoms with E-state index < -0.39 is 0 Å². The predicted octanol–water partition coefficient (Wildman–Crippen LogP) is 1.75. The fraction of sp³-hybridized carbons (Fsp3) is 0.538.